The van der Waals surface area contributed by atoms with Gasteiger partial charge in [0.15, 0.2) is 0 Å². The summed E-state index contributed by atoms with van der Waals surface area (Å²) in [5.74, 6) is 0. The summed E-state index contributed by atoms with van der Waals surface area (Å²) in [5, 5.41) is 25.1. The van der Waals surface area contributed by atoms with Gasteiger partial charge in [-0.25, -0.2) is 4.79 Å². The van der Waals surface area contributed by atoms with E-state index >= 15 is 0 Å². The Hall–Kier alpha value is -2.44. The third-order valence-electron chi connectivity index (χ3n) is 3.90. The second-order valence-corrected chi connectivity index (χ2v) is 7.14. The first-order valence-electron chi connectivity index (χ1n) is 8.52. The first-order valence-corrected chi connectivity index (χ1v) is 8.52. The molecule has 0 aliphatic heterocycles. The Bertz CT molecular complexity index is 781. The van der Waals surface area contributed by atoms with Crippen molar-refractivity contribution in [2.45, 2.75) is 45.0 Å². The molecule has 0 heterocycles. The number of ether oxygens (including phenoxy) is 1. The van der Waals surface area contributed by atoms with Crippen LogP contribution >= 0.6 is 0 Å². The van der Waals surface area contributed by atoms with E-state index in [0.29, 0.717) is 22.8 Å². The predicted molar refractivity (Wildman–Crippen MR) is 99.2 cm³/mol. The van der Waals surface area contributed by atoms with E-state index in [9.17, 15) is 19.8 Å². The highest BCUT2D eigenvalue weighted by molar-refractivity contribution is 5.93. The van der Waals surface area contributed by atoms with Crippen molar-refractivity contribution in [3.63, 3.8) is 0 Å². The van der Waals surface area contributed by atoms with Gasteiger partial charge in [0.1, 0.15) is 18.0 Å². The second kappa shape index (κ2) is 8.29. The largest absolute Gasteiger partial charge is 0.444 e. The molecule has 0 fully saturated rings. The Labute approximate surface area is 152 Å². The number of fused-ring (bicyclic) bond motifs is 1. The molecule has 2 atom stereocenters. The number of rotatable bonds is 6. The average Bonchev–Trinajstić information content (AvgIpc) is 2.58. The fourth-order valence-electron chi connectivity index (χ4n) is 2.73. The Morgan fingerprint density at radius 1 is 1.19 bits per heavy atom. The molecular weight excluding hydrogens is 334 g/mol. The number of amides is 1. The number of aldehydes is 1. The second-order valence-electron chi connectivity index (χ2n) is 7.14. The summed E-state index contributed by atoms with van der Waals surface area (Å²) in [6.45, 7) is 5.40. The van der Waals surface area contributed by atoms with E-state index in [2.05, 4.69) is 5.32 Å². The quantitative estimate of drug-likeness (QED) is 0.689. The summed E-state index contributed by atoms with van der Waals surface area (Å²) in [6.07, 6.45) is -2.20. The number of aliphatic hydroxyl groups excluding tert-OH is 2. The van der Waals surface area contributed by atoms with Gasteiger partial charge in [-0.3, -0.25) is 4.79 Å². The maximum Gasteiger partial charge on any atom is 0.407 e. The Balaban J connectivity index is 2.09. The predicted octanol–water partition coefficient (Wildman–Crippen LogP) is 2.96. The van der Waals surface area contributed by atoms with Crippen molar-refractivity contribution >= 4 is 23.2 Å². The van der Waals surface area contributed by atoms with Crippen molar-refractivity contribution in [3.05, 3.63) is 47.5 Å². The standard InChI is InChI=1S/C20H25NO5/c1-20(2,3)26-19(25)21-11-10-16(23)18(24)17-14(12-22)9-8-13-6-4-5-7-15(13)17/h4-9,12,16,18,23-24H,10-11H2,1-3H3,(H,21,25). The molecule has 0 bridgehead atoms. The van der Waals surface area contributed by atoms with Crippen molar-refractivity contribution in [1.82, 2.24) is 5.32 Å². The molecule has 140 valence electrons. The van der Waals surface area contributed by atoms with E-state index in [1.807, 2.05) is 18.2 Å². The summed E-state index contributed by atoms with van der Waals surface area (Å²) in [6, 6.07) is 10.8. The smallest absolute Gasteiger partial charge is 0.407 e. The summed E-state index contributed by atoms with van der Waals surface area (Å²) in [7, 11) is 0. The minimum Gasteiger partial charge on any atom is -0.444 e. The molecule has 2 aromatic rings. The van der Waals surface area contributed by atoms with Crippen LogP contribution in [-0.4, -0.2) is 40.8 Å². The van der Waals surface area contributed by atoms with Gasteiger partial charge in [-0.2, -0.15) is 0 Å². The normalized spacial score (nSPS) is 13.9. The van der Waals surface area contributed by atoms with Gasteiger partial charge in [-0.1, -0.05) is 36.4 Å². The summed E-state index contributed by atoms with van der Waals surface area (Å²) in [4.78, 5) is 23.0. The summed E-state index contributed by atoms with van der Waals surface area (Å²) >= 11 is 0. The van der Waals surface area contributed by atoms with E-state index in [1.165, 1.54) is 0 Å². The van der Waals surface area contributed by atoms with Crippen molar-refractivity contribution in [2.75, 3.05) is 6.54 Å². The molecule has 1 amide bonds. The molecule has 0 aromatic heterocycles. The molecule has 0 saturated heterocycles. The lowest BCUT2D eigenvalue weighted by Crippen LogP contribution is -2.34. The highest BCUT2D eigenvalue weighted by Crippen LogP contribution is 2.30. The minimum atomic E-state index is -1.25. The maximum atomic E-state index is 11.6. The van der Waals surface area contributed by atoms with Gasteiger partial charge in [0.2, 0.25) is 0 Å². The minimum absolute atomic E-state index is 0.113. The van der Waals surface area contributed by atoms with Crippen molar-refractivity contribution in [2.24, 2.45) is 0 Å². The lowest BCUT2D eigenvalue weighted by Gasteiger charge is -2.22. The van der Waals surface area contributed by atoms with Gasteiger partial charge in [0.25, 0.3) is 0 Å². The lowest BCUT2D eigenvalue weighted by atomic mass is 9.92. The van der Waals surface area contributed by atoms with Crippen LogP contribution in [0.4, 0.5) is 4.79 Å². The van der Waals surface area contributed by atoms with E-state index in [0.717, 1.165) is 5.39 Å². The van der Waals surface area contributed by atoms with Gasteiger partial charge in [0.05, 0.1) is 6.10 Å². The molecule has 6 heteroatoms. The van der Waals surface area contributed by atoms with Crippen LogP contribution in [0.5, 0.6) is 0 Å². The molecule has 0 radical (unpaired) electrons. The molecule has 2 aromatic carbocycles. The fourth-order valence-corrected chi connectivity index (χ4v) is 2.73. The molecule has 26 heavy (non-hydrogen) atoms. The monoisotopic (exact) mass is 359 g/mol. The average molecular weight is 359 g/mol. The van der Waals surface area contributed by atoms with Gasteiger partial charge in [-0.05, 0) is 38.0 Å². The first kappa shape index (κ1) is 19.9. The Kier molecular flexibility index (Phi) is 6.34. The van der Waals surface area contributed by atoms with E-state index < -0.39 is 23.9 Å². The zero-order valence-corrected chi connectivity index (χ0v) is 15.2. The summed E-state index contributed by atoms with van der Waals surface area (Å²) < 4.78 is 5.12. The molecule has 2 unspecified atom stereocenters. The molecule has 3 N–H and O–H groups in total. The first-order chi connectivity index (χ1) is 12.2. The van der Waals surface area contributed by atoms with Gasteiger partial charge < -0.3 is 20.3 Å². The molecule has 6 nitrogen and oxygen atoms in total. The Morgan fingerprint density at radius 3 is 2.54 bits per heavy atom. The van der Waals surface area contributed by atoms with Crippen molar-refractivity contribution < 1.29 is 24.5 Å². The third-order valence-corrected chi connectivity index (χ3v) is 3.90. The fraction of sp³-hybridized carbons (Fsp3) is 0.400. The van der Waals surface area contributed by atoms with Crippen molar-refractivity contribution in [3.8, 4) is 0 Å². The van der Waals surface area contributed by atoms with Crippen LogP contribution in [-0.2, 0) is 4.74 Å². The van der Waals surface area contributed by atoms with Crippen LogP contribution in [0.25, 0.3) is 10.8 Å². The van der Waals surface area contributed by atoms with Crippen LogP contribution in [0.3, 0.4) is 0 Å². The third kappa shape index (κ3) is 5.03. The molecule has 0 aliphatic carbocycles. The van der Waals surface area contributed by atoms with Crippen molar-refractivity contribution in [1.29, 1.82) is 0 Å². The molecule has 0 aliphatic rings. The topological polar surface area (TPSA) is 95.9 Å². The van der Waals surface area contributed by atoms with E-state index in [4.69, 9.17) is 4.74 Å². The molecular formula is C20H25NO5. The van der Waals surface area contributed by atoms with Gasteiger partial charge >= 0.3 is 6.09 Å². The maximum absolute atomic E-state index is 11.6. The van der Waals surface area contributed by atoms with E-state index in [1.54, 1.807) is 39.0 Å². The van der Waals surface area contributed by atoms with Crippen LogP contribution in [0.1, 0.15) is 49.2 Å². The van der Waals surface area contributed by atoms with Crippen LogP contribution < -0.4 is 5.32 Å². The van der Waals surface area contributed by atoms with Gasteiger partial charge in [-0.15, -0.1) is 0 Å². The number of nitrogens with one attached hydrogen (secondary N) is 1. The van der Waals surface area contributed by atoms with Crippen LogP contribution in [0, 0.1) is 0 Å². The number of aliphatic hydroxyl groups is 2. The molecule has 0 spiro atoms. The highest BCUT2D eigenvalue weighted by atomic mass is 16.6. The number of benzene rings is 2. The number of carbonyl (C=O) groups excluding carboxylic acids is 2. The summed E-state index contributed by atoms with van der Waals surface area (Å²) in [5.41, 5.74) is 0.113. The van der Waals surface area contributed by atoms with Crippen LogP contribution in [0.15, 0.2) is 36.4 Å². The van der Waals surface area contributed by atoms with Crippen LogP contribution in [0.2, 0.25) is 0 Å². The number of alkyl carbamates (subject to hydrolysis) is 1. The number of hydrogen-bond donors (Lipinski definition) is 3. The highest BCUT2D eigenvalue weighted by Gasteiger charge is 2.24. The zero-order chi connectivity index (χ0) is 19.3. The van der Waals surface area contributed by atoms with Gasteiger partial charge in [0, 0.05) is 17.7 Å². The Morgan fingerprint density at radius 2 is 1.88 bits per heavy atom. The number of carbonyl (C=O) groups is 2. The number of hydrogen-bond acceptors (Lipinski definition) is 5. The molecule has 2 rings (SSSR count). The SMILES string of the molecule is CC(C)(C)OC(=O)NCCC(O)C(O)c1c(C=O)ccc2ccccc12. The lowest BCUT2D eigenvalue weighted by molar-refractivity contribution is 0.0128. The zero-order valence-electron chi connectivity index (χ0n) is 15.2. The molecule has 0 saturated carbocycles. The van der Waals surface area contributed by atoms with E-state index in [-0.39, 0.29) is 13.0 Å².